The van der Waals surface area contributed by atoms with Gasteiger partial charge in [0.05, 0.1) is 17.4 Å². The molecule has 19 heavy (non-hydrogen) atoms. The molecule has 4 nitrogen and oxygen atoms in total. The van der Waals surface area contributed by atoms with Crippen molar-refractivity contribution >= 4 is 23.8 Å². The van der Waals surface area contributed by atoms with Crippen molar-refractivity contribution in [3.05, 3.63) is 17.4 Å². The van der Waals surface area contributed by atoms with Crippen molar-refractivity contribution in [2.75, 3.05) is 18.0 Å². The molecule has 0 radical (unpaired) electrons. The van der Waals surface area contributed by atoms with E-state index >= 15 is 0 Å². The average molecular weight is 280 g/mol. The second kappa shape index (κ2) is 5.45. The van der Waals surface area contributed by atoms with Crippen molar-refractivity contribution in [2.45, 2.75) is 25.7 Å². The van der Waals surface area contributed by atoms with Gasteiger partial charge >= 0.3 is 0 Å². The third kappa shape index (κ3) is 2.89. The van der Waals surface area contributed by atoms with Crippen LogP contribution in [0.2, 0.25) is 5.02 Å². The van der Waals surface area contributed by atoms with Gasteiger partial charge in [-0.1, -0.05) is 11.6 Å². The minimum atomic E-state index is 0.577. The van der Waals surface area contributed by atoms with Gasteiger partial charge < -0.3 is 9.69 Å². The van der Waals surface area contributed by atoms with Crippen LogP contribution in [-0.4, -0.2) is 29.3 Å². The van der Waals surface area contributed by atoms with Crippen molar-refractivity contribution in [2.24, 2.45) is 17.8 Å². The Balaban J connectivity index is 1.52. The van der Waals surface area contributed by atoms with Crippen molar-refractivity contribution in [1.82, 2.24) is 9.97 Å². The molecule has 1 saturated heterocycles. The van der Waals surface area contributed by atoms with Gasteiger partial charge in [-0.3, -0.25) is 0 Å². The SMILES string of the molecule is O=CC[C@@H]1CC1C1CCN(c2ncc(Cl)cn2)CC1. The van der Waals surface area contributed by atoms with Crippen LogP contribution in [0, 0.1) is 17.8 Å². The molecule has 1 aliphatic carbocycles. The first-order valence-electron chi connectivity index (χ1n) is 6.94. The highest BCUT2D eigenvalue weighted by molar-refractivity contribution is 6.30. The van der Waals surface area contributed by atoms with E-state index in [9.17, 15) is 4.79 Å². The Bertz CT molecular complexity index is 443. The number of piperidine rings is 1. The van der Waals surface area contributed by atoms with Gasteiger partial charge in [0.2, 0.25) is 5.95 Å². The van der Waals surface area contributed by atoms with Gasteiger partial charge in [-0.05, 0) is 37.0 Å². The summed E-state index contributed by atoms with van der Waals surface area (Å²) >= 11 is 5.80. The number of carbonyl (C=O) groups excluding carboxylic acids is 1. The maximum Gasteiger partial charge on any atom is 0.225 e. The van der Waals surface area contributed by atoms with E-state index in [1.807, 2.05) is 0 Å². The van der Waals surface area contributed by atoms with Gasteiger partial charge in [-0.25, -0.2) is 9.97 Å². The molecular formula is C14H18ClN3O. The lowest BCUT2D eigenvalue weighted by Crippen LogP contribution is -2.35. The number of anilines is 1. The van der Waals surface area contributed by atoms with Crippen molar-refractivity contribution in [3.63, 3.8) is 0 Å². The van der Waals surface area contributed by atoms with Crippen LogP contribution in [0.1, 0.15) is 25.7 Å². The Morgan fingerprint density at radius 1 is 1.32 bits per heavy atom. The topological polar surface area (TPSA) is 46.1 Å². The van der Waals surface area contributed by atoms with E-state index < -0.39 is 0 Å². The molecule has 2 fully saturated rings. The molecule has 3 rings (SSSR count). The maximum atomic E-state index is 10.5. The van der Waals surface area contributed by atoms with E-state index in [0.717, 1.165) is 43.6 Å². The second-order valence-electron chi connectivity index (χ2n) is 5.59. The molecule has 1 unspecified atom stereocenters. The van der Waals surface area contributed by atoms with E-state index in [2.05, 4.69) is 14.9 Å². The van der Waals surface area contributed by atoms with E-state index in [-0.39, 0.29) is 0 Å². The quantitative estimate of drug-likeness (QED) is 0.795. The Morgan fingerprint density at radius 2 is 2.00 bits per heavy atom. The molecule has 0 amide bonds. The Labute approximate surface area is 118 Å². The third-order valence-electron chi connectivity index (χ3n) is 4.41. The van der Waals surface area contributed by atoms with Gasteiger partial charge in [-0.15, -0.1) is 0 Å². The monoisotopic (exact) mass is 279 g/mol. The number of rotatable bonds is 4. The molecule has 0 spiro atoms. The fraction of sp³-hybridized carbons (Fsp3) is 0.643. The summed E-state index contributed by atoms with van der Waals surface area (Å²) < 4.78 is 0. The van der Waals surface area contributed by atoms with Gasteiger partial charge in [0.15, 0.2) is 0 Å². The van der Waals surface area contributed by atoms with E-state index in [1.54, 1.807) is 12.4 Å². The highest BCUT2D eigenvalue weighted by Crippen LogP contribution is 2.49. The Hall–Kier alpha value is -1.16. The summed E-state index contributed by atoms with van der Waals surface area (Å²) in [6.45, 7) is 2.02. The first kappa shape index (κ1) is 12.9. The molecule has 2 heterocycles. The smallest absolute Gasteiger partial charge is 0.225 e. The standard InChI is InChI=1S/C14H18ClN3O/c15-12-8-16-14(17-9-12)18-4-1-10(2-5-18)13-7-11(13)3-6-19/h6,8-11,13H,1-5,7H2/t11-,13?/m1/s1. The van der Waals surface area contributed by atoms with Crippen LogP contribution in [0.15, 0.2) is 12.4 Å². The Kier molecular flexibility index (Phi) is 3.69. The molecule has 0 aromatic carbocycles. The summed E-state index contributed by atoms with van der Waals surface area (Å²) in [5, 5.41) is 0.577. The highest BCUT2D eigenvalue weighted by atomic mass is 35.5. The minimum Gasteiger partial charge on any atom is -0.341 e. The molecule has 1 aromatic rings. The summed E-state index contributed by atoms with van der Waals surface area (Å²) in [7, 11) is 0. The number of aldehydes is 1. The molecule has 1 saturated carbocycles. The molecule has 102 valence electrons. The van der Waals surface area contributed by atoms with Crippen LogP contribution in [0.25, 0.3) is 0 Å². The largest absolute Gasteiger partial charge is 0.341 e. The molecular weight excluding hydrogens is 262 g/mol. The van der Waals surface area contributed by atoms with Crippen molar-refractivity contribution in [1.29, 1.82) is 0 Å². The fourth-order valence-electron chi connectivity index (χ4n) is 3.24. The van der Waals surface area contributed by atoms with Gasteiger partial charge in [0, 0.05) is 19.5 Å². The lowest BCUT2D eigenvalue weighted by molar-refractivity contribution is -0.108. The lowest BCUT2D eigenvalue weighted by Gasteiger charge is -2.32. The predicted molar refractivity (Wildman–Crippen MR) is 74.3 cm³/mol. The van der Waals surface area contributed by atoms with Gasteiger partial charge in [0.1, 0.15) is 6.29 Å². The minimum absolute atomic E-state index is 0.577. The summed E-state index contributed by atoms with van der Waals surface area (Å²) in [4.78, 5) is 21.3. The van der Waals surface area contributed by atoms with Crippen molar-refractivity contribution < 1.29 is 4.79 Å². The molecule has 2 aliphatic rings. The highest BCUT2D eigenvalue weighted by Gasteiger charge is 2.43. The van der Waals surface area contributed by atoms with E-state index in [0.29, 0.717) is 10.9 Å². The predicted octanol–water partition coefficient (Wildman–Crippen LogP) is 2.57. The maximum absolute atomic E-state index is 10.5. The molecule has 0 bridgehead atoms. The zero-order chi connectivity index (χ0) is 13.2. The van der Waals surface area contributed by atoms with Crippen LogP contribution in [0.5, 0.6) is 0 Å². The van der Waals surface area contributed by atoms with Crippen LogP contribution in [0.3, 0.4) is 0 Å². The fourth-order valence-corrected chi connectivity index (χ4v) is 3.34. The molecule has 2 atom stereocenters. The normalized spacial score (nSPS) is 27.3. The van der Waals surface area contributed by atoms with Crippen LogP contribution in [-0.2, 0) is 4.79 Å². The number of hydrogen-bond acceptors (Lipinski definition) is 4. The van der Waals surface area contributed by atoms with Gasteiger partial charge in [-0.2, -0.15) is 0 Å². The van der Waals surface area contributed by atoms with Crippen LogP contribution < -0.4 is 4.90 Å². The van der Waals surface area contributed by atoms with E-state index in [1.165, 1.54) is 19.3 Å². The zero-order valence-corrected chi connectivity index (χ0v) is 11.6. The molecule has 0 N–H and O–H groups in total. The summed E-state index contributed by atoms with van der Waals surface area (Å²) in [5.41, 5.74) is 0. The lowest BCUT2D eigenvalue weighted by atomic mass is 9.91. The number of aromatic nitrogens is 2. The number of hydrogen-bond donors (Lipinski definition) is 0. The summed E-state index contributed by atoms with van der Waals surface area (Å²) in [6, 6.07) is 0. The first-order valence-corrected chi connectivity index (χ1v) is 7.32. The van der Waals surface area contributed by atoms with Gasteiger partial charge in [0.25, 0.3) is 0 Å². The molecule has 1 aromatic heterocycles. The molecule has 5 heteroatoms. The first-order chi connectivity index (χ1) is 9.28. The summed E-state index contributed by atoms with van der Waals surface area (Å²) in [5.74, 6) is 3.02. The third-order valence-corrected chi connectivity index (χ3v) is 4.61. The van der Waals surface area contributed by atoms with Crippen LogP contribution >= 0.6 is 11.6 Å². The van der Waals surface area contributed by atoms with E-state index in [4.69, 9.17) is 11.6 Å². The molecule has 1 aliphatic heterocycles. The average Bonchev–Trinajstić information content (AvgIpc) is 3.20. The van der Waals surface area contributed by atoms with Crippen LogP contribution in [0.4, 0.5) is 5.95 Å². The second-order valence-corrected chi connectivity index (χ2v) is 6.02. The Morgan fingerprint density at radius 3 is 2.63 bits per heavy atom. The number of carbonyl (C=O) groups is 1. The van der Waals surface area contributed by atoms with Crippen molar-refractivity contribution in [3.8, 4) is 0 Å². The number of halogens is 1. The number of nitrogens with zero attached hydrogens (tertiary/aromatic N) is 3. The summed E-state index contributed by atoms with van der Waals surface area (Å²) in [6.07, 6.45) is 8.75. The zero-order valence-electron chi connectivity index (χ0n) is 10.8.